The summed E-state index contributed by atoms with van der Waals surface area (Å²) >= 11 is 3.32. The highest BCUT2D eigenvalue weighted by molar-refractivity contribution is 9.08. The van der Waals surface area contributed by atoms with Crippen molar-refractivity contribution in [3.05, 3.63) is 41.7 Å². The molecule has 0 radical (unpaired) electrons. The molecule has 0 aliphatic heterocycles. The zero-order valence-electron chi connectivity index (χ0n) is 9.13. The van der Waals surface area contributed by atoms with Gasteiger partial charge in [-0.25, -0.2) is 9.48 Å². The number of methoxy groups -OCH3 is 1. The van der Waals surface area contributed by atoms with E-state index in [0.717, 1.165) is 5.69 Å². The molecular weight excluding hydrogens is 286 g/mol. The second-order valence-electron chi connectivity index (χ2n) is 3.26. The maximum Gasteiger partial charge on any atom is 0.360 e. The molecule has 0 aliphatic rings. The van der Waals surface area contributed by atoms with Crippen LogP contribution in [0.2, 0.25) is 0 Å². The first-order valence-corrected chi connectivity index (χ1v) is 6.04. The van der Waals surface area contributed by atoms with E-state index < -0.39 is 5.97 Å². The monoisotopic (exact) mass is 295 g/mol. The van der Waals surface area contributed by atoms with Gasteiger partial charge in [-0.3, -0.25) is 0 Å². The second-order valence-corrected chi connectivity index (χ2v) is 3.82. The van der Waals surface area contributed by atoms with Gasteiger partial charge in [0, 0.05) is 5.33 Å². The molecule has 88 valence electrons. The molecule has 1 aromatic carbocycles. The summed E-state index contributed by atoms with van der Waals surface area (Å²) in [5, 5.41) is 8.28. The first-order valence-electron chi connectivity index (χ1n) is 4.92. The predicted molar refractivity (Wildman–Crippen MR) is 65.3 cm³/mol. The van der Waals surface area contributed by atoms with Gasteiger partial charge in [0.15, 0.2) is 5.69 Å². The van der Waals surface area contributed by atoms with E-state index in [9.17, 15) is 4.79 Å². The number of ether oxygens (including phenoxy) is 1. The zero-order valence-corrected chi connectivity index (χ0v) is 10.7. The van der Waals surface area contributed by atoms with Crippen LogP contribution in [-0.4, -0.2) is 28.1 Å². The molecule has 6 heteroatoms. The highest BCUT2D eigenvalue weighted by Crippen LogP contribution is 2.16. The van der Waals surface area contributed by atoms with Crippen molar-refractivity contribution >= 4 is 21.9 Å². The van der Waals surface area contributed by atoms with E-state index in [1.807, 2.05) is 30.3 Å². The van der Waals surface area contributed by atoms with Crippen LogP contribution in [0.4, 0.5) is 0 Å². The highest BCUT2D eigenvalue weighted by atomic mass is 79.9. The van der Waals surface area contributed by atoms with Crippen molar-refractivity contribution in [3.8, 4) is 5.69 Å². The van der Waals surface area contributed by atoms with Crippen molar-refractivity contribution in [2.45, 2.75) is 5.33 Å². The molecule has 0 saturated carbocycles. The molecule has 1 aromatic heterocycles. The summed E-state index contributed by atoms with van der Waals surface area (Å²) in [4.78, 5) is 11.5. The van der Waals surface area contributed by atoms with Crippen LogP contribution in [0, 0.1) is 0 Å². The van der Waals surface area contributed by atoms with E-state index in [2.05, 4.69) is 31.0 Å². The number of halogens is 1. The molecule has 5 nitrogen and oxygen atoms in total. The molecule has 17 heavy (non-hydrogen) atoms. The smallest absolute Gasteiger partial charge is 0.360 e. The number of carbonyl (C=O) groups is 1. The summed E-state index contributed by atoms with van der Waals surface area (Å²) in [6, 6.07) is 9.49. The van der Waals surface area contributed by atoms with Gasteiger partial charge in [0.25, 0.3) is 0 Å². The number of para-hydroxylation sites is 1. The molecule has 0 saturated heterocycles. The van der Waals surface area contributed by atoms with Crippen molar-refractivity contribution in [2.24, 2.45) is 0 Å². The lowest BCUT2D eigenvalue weighted by Crippen LogP contribution is -2.07. The molecule has 1 heterocycles. The Morgan fingerprint density at radius 3 is 2.71 bits per heavy atom. The maximum atomic E-state index is 11.5. The molecule has 0 fully saturated rings. The molecule has 2 rings (SSSR count). The fourth-order valence-electron chi connectivity index (χ4n) is 1.45. The van der Waals surface area contributed by atoms with Crippen molar-refractivity contribution in [2.75, 3.05) is 7.11 Å². The van der Waals surface area contributed by atoms with Gasteiger partial charge < -0.3 is 4.74 Å². The Labute approximate surface area is 107 Å². The summed E-state index contributed by atoms with van der Waals surface area (Å²) in [5.74, 6) is -0.485. The lowest BCUT2D eigenvalue weighted by Gasteiger charge is -2.04. The highest BCUT2D eigenvalue weighted by Gasteiger charge is 2.19. The van der Waals surface area contributed by atoms with E-state index in [-0.39, 0.29) is 5.69 Å². The predicted octanol–water partition coefficient (Wildman–Crippen LogP) is 1.95. The van der Waals surface area contributed by atoms with Gasteiger partial charge in [-0.2, -0.15) is 0 Å². The normalized spacial score (nSPS) is 10.2. The van der Waals surface area contributed by atoms with Crippen LogP contribution in [0.3, 0.4) is 0 Å². The topological polar surface area (TPSA) is 57.0 Å². The van der Waals surface area contributed by atoms with E-state index in [1.165, 1.54) is 7.11 Å². The third kappa shape index (κ3) is 2.21. The maximum absolute atomic E-state index is 11.5. The number of hydrogen-bond acceptors (Lipinski definition) is 4. The molecular formula is C11H10BrN3O2. The minimum atomic E-state index is -0.485. The molecule has 0 N–H and O–H groups in total. The van der Waals surface area contributed by atoms with Crippen LogP contribution >= 0.6 is 15.9 Å². The van der Waals surface area contributed by atoms with E-state index >= 15 is 0 Å². The standard InChI is InChI=1S/C11H10BrN3O2/c1-17-11(16)10-9(7-12)15(14-13-10)8-5-3-2-4-6-8/h2-6H,7H2,1H3. The largest absolute Gasteiger partial charge is 0.464 e. The number of hydrogen-bond donors (Lipinski definition) is 0. The van der Waals surface area contributed by atoms with Crippen LogP contribution < -0.4 is 0 Å². The van der Waals surface area contributed by atoms with Gasteiger partial charge in [0.1, 0.15) is 0 Å². The lowest BCUT2D eigenvalue weighted by molar-refractivity contribution is 0.0593. The minimum absolute atomic E-state index is 0.230. The third-order valence-electron chi connectivity index (χ3n) is 2.27. The zero-order chi connectivity index (χ0) is 12.3. The van der Waals surface area contributed by atoms with Gasteiger partial charge >= 0.3 is 5.97 Å². The van der Waals surface area contributed by atoms with Gasteiger partial charge in [-0.15, -0.1) is 5.10 Å². The lowest BCUT2D eigenvalue weighted by atomic mass is 10.3. The molecule has 2 aromatic rings. The number of alkyl halides is 1. The van der Waals surface area contributed by atoms with Crippen LogP contribution in [0.1, 0.15) is 16.2 Å². The average molecular weight is 296 g/mol. The van der Waals surface area contributed by atoms with Crippen molar-refractivity contribution < 1.29 is 9.53 Å². The molecule has 0 aliphatic carbocycles. The summed E-state index contributed by atoms with van der Waals surface area (Å²) in [7, 11) is 1.32. The molecule has 0 spiro atoms. The van der Waals surface area contributed by atoms with Crippen LogP contribution in [0.15, 0.2) is 30.3 Å². The second kappa shape index (κ2) is 5.09. The van der Waals surface area contributed by atoms with Crippen LogP contribution in [0.5, 0.6) is 0 Å². The fraction of sp³-hybridized carbons (Fsp3) is 0.182. The summed E-state index contributed by atoms with van der Waals surface area (Å²) in [6.07, 6.45) is 0. The van der Waals surface area contributed by atoms with Crippen LogP contribution in [-0.2, 0) is 10.1 Å². The fourth-order valence-corrected chi connectivity index (χ4v) is 1.96. The first-order chi connectivity index (χ1) is 8.27. The first kappa shape index (κ1) is 11.8. The number of nitrogens with zero attached hydrogens (tertiary/aromatic N) is 3. The Kier molecular flexibility index (Phi) is 3.53. The summed E-state index contributed by atoms with van der Waals surface area (Å²) < 4.78 is 6.26. The van der Waals surface area contributed by atoms with Gasteiger partial charge in [-0.1, -0.05) is 39.3 Å². The number of rotatable bonds is 3. The number of carbonyl (C=O) groups excluding carboxylic acids is 1. The van der Waals surface area contributed by atoms with Gasteiger partial charge in [0.2, 0.25) is 0 Å². The summed E-state index contributed by atoms with van der Waals surface area (Å²) in [5.41, 5.74) is 1.75. The summed E-state index contributed by atoms with van der Waals surface area (Å²) in [6.45, 7) is 0. The number of benzene rings is 1. The van der Waals surface area contributed by atoms with E-state index in [4.69, 9.17) is 0 Å². The molecule has 0 atom stereocenters. The molecule has 0 bridgehead atoms. The Morgan fingerprint density at radius 1 is 1.41 bits per heavy atom. The Hall–Kier alpha value is -1.69. The Bertz CT molecular complexity index is 525. The van der Waals surface area contributed by atoms with Gasteiger partial charge in [0.05, 0.1) is 18.5 Å². The Morgan fingerprint density at radius 2 is 2.12 bits per heavy atom. The Balaban J connectivity index is 2.50. The molecule has 0 amide bonds. The minimum Gasteiger partial charge on any atom is -0.464 e. The SMILES string of the molecule is COC(=O)c1nnn(-c2ccccc2)c1CBr. The van der Waals surface area contributed by atoms with E-state index in [1.54, 1.807) is 4.68 Å². The number of esters is 1. The van der Waals surface area contributed by atoms with Gasteiger partial charge in [-0.05, 0) is 12.1 Å². The van der Waals surface area contributed by atoms with Crippen molar-refractivity contribution in [1.82, 2.24) is 15.0 Å². The molecule has 0 unspecified atom stereocenters. The van der Waals surface area contributed by atoms with Crippen LogP contribution in [0.25, 0.3) is 5.69 Å². The number of aromatic nitrogens is 3. The van der Waals surface area contributed by atoms with Crippen molar-refractivity contribution in [3.63, 3.8) is 0 Å². The van der Waals surface area contributed by atoms with E-state index in [0.29, 0.717) is 11.0 Å². The van der Waals surface area contributed by atoms with Crippen molar-refractivity contribution in [1.29, 1.82) is 0 Å². The third-order valence-corrected chi connectivity index (χ3v) is 2.80. The average Bonchev–Trinajstić information content (AvgIpc) is 2.82. The quantitative estimate of drug-likeness (QED) is 0.641.